The fourth-order valence-corrected chi connectivity index (χ4v) is 1.91. The number of aliphatic hydroxyl groups is 1. The van der Waals surface area contributed by atoms with Gasteiger partial charge in [0, 0.05) is 6.61 Å². The Morgan fingerprint density at radius 3 is 1.81 bits per heavy atom. The lowest BCUT2D eigenvalue weighted by molar-refractivity contribution is -0.890. The zero-order chi connectivity index (χ0) is 11.6. The van der Waals surface area contributed by atoms with Crippen molar-refractivity contribution in [3.05, 3.63) is 0 Å². The van der Waals surface area contributed by atoms with Crippen molar-refractivity contribution in [2.45, 2.75) is 51.9 Å². The van der Waals surface area contributed by atoms with Crippen LogP contribution >= 0.6 is 0 Å². The van der Waals surface area contributed by atoms with E-state index in [-0.39, 0.29) is 17.0 Å². The highest BCUT2D eigenvalue weighted by atomic mass is 79.9. The summed E-state index contributed by atoms with van der Waals surface area (Å²) in [6.07, 6.45) is 8.96. The minimum atomic E-state index is 0. The van der Waals surface area contributed by atoms with Gasteiger partial charge in [0.25, 0.3) is 0 Å². The van der Waals surface area contributed by atoms with Crippen molar-refractivity contribution in [2.24, 2.45) is 0 Å². The Kier molecular flexibility index (Phi) is 13.9. The average molecular weight is 296 g/mol. The molecule has 0 rings (SSSR count). The molecule has 0 aromatic heterocycles. The van der Waals surface area contributed by atoms with Gasteiger partial charge in [-0.2, -0.15) is 0 Å². The minimum Gasteiger partial charge on any atom is -1.00 e. The van der Waals surface area contributed by atoms with Crippen molar-refractivity contribution in [1.29, 1.82) is 0 Å². The average Bonchev–Trinajstić information content (AvgIpc) is 2.17. The molecule has 0 saturated carbocycles. The normalized spacial score (nSPS) is 11.2. The quantitative estimate of drug-likeness (QED) is 0.438. The summed E-state index contributed by atoms with van der Waals surface area (Å²) in [5, 5.41) is 8.73. The number of aliphatic hydroxyl groups excluding tert-OH is 1. The second-order valence-corrected chi connectivity index (χ2v) is 5.23. The minimum absolute atomic E-state index is 0. The summed E-state index contributed by atoms with van der Waals surface area (Å²) in [4.78, 5) is 0. The summed E-state index contributed by atoms with van der Waals surface area (Å²) in [6.45, 7) is 5.09. The first-order valence-electron chi connectivity index (χ1n) is 6.55. The summed E-state index contributed by atoms with van der Waals surface area (Å²) >= 11 is 0. The fourth-order valence-electron chi connectivity index (χ4n) is 1.91. The molecule has 0 atom stereocenters. The first kappa shape index (κ1) is 18.8. The second kappa shape index (κ2) is 11.9. The summed E-state index contributed by atoms with van der Waals surface area (Å²) in [5.74, 6) is 0. The van der Waals surface area contributed by atoms with Gasteiger partial charge in [0.2, 0.25) is 0 Å². The van der Waals surface area contributed by atoms with Crippen LogP contribution in [-0.2, 0) is 0 Å². The smallest absolute Gasteiger partial charge is 0.0783 e. The van der Waals surface area contributed by atoms with Crippen molar-refractivity contribution < 1.29 is 26.6 Å². The maximum absolute atomic E-state index is 8.73. The zero-order valence-electron chi connectivity index (χ0n) is 11.3. The van der Waals surface area contributed by atoms with Gasteiger partial charge in [-0.15, -0.1) is 0 Å². The number of rotatable bonds is 10. The zero-order valence-corrected chi connectivity index (χ0v) is 12.9. The third-order valence-corrected chi connectivity index (χ3v) is 3.04. The van der Waals surface area contributed by atoms with Crippen molar-refractivity contribution in [2.75, 3.05) is 33.8 Å². The van der Waals surface area contributed by atoms with Gasteiger partial charge < -0.3 is 26.6 Å². The Hall–Kier alpha value is 0.400. The van der Waals surface area contributed by atoms with Gasteiger partial charge in [0.1, 0.15) is 0 Å². The van der Waals surface area contributed by atoms with Gasteiger partial charge in [-0.05, 0) is 25.7 Å². The monoisotopic (exact) mass is 295 g/mol. The van der Waals surface area contributed by atoms with E-state index in [1.165, 1.54) is 45.2 Å². The van der Waals surface area contributed by atoms with E-state index < -0.39 is 0 Å². The van der Waals surface area contributed by atoms with E-state index in [2.05, 4.69) is 21.0 Å². The number of halogens is 1. The van der Waals surface area contributed by atoms with Crippen LogP contribution in [0.15, 0.2) is 0 Å². The first-order chi connectivity index (χ1) is 7.12. The molecule has 2 nitrogen and oxygen atoms in total. The third-order valence-electron chi connectivity index (χ3n) is 3.04. The van der Waals surface area contributed by atoms with Gasteiger partial charge in [-0.3, -0.25) is 0 Å². The van der Waals surface area contributed by atoms with Crippen LogP contribution in [0, 0.1) is 0 Å². The van der Waals surface area contributed by atoms with E-state index in [0.717, 1.165) is 17.3 Å². The highest BCUT2D eigenvalue weighted by Gasteiger charge is 2.13. The Bertz CT molecular complexity index is 140. The van der Waals surface area contributed by atoms with E-state index in [0.29, 0.717) is 6.61 Å². The molecule has 0 bridgehead atoms. The van der Waals surface area contributed by atoms with E-state index in [1.807, 2.05) is 0 Å². The number of nitrogens with zero attached hydrogens (tertiary/aromatic N) is 1. The topological polar surface area (TPSA) is 20.2 Å². The van der Waals surface area contributed by atoms with E-state index in [4.69, 9.17) is 5.11 Å². The number of hydrogen-bond acceptors (Lipinski definition) is 1. The lowest BCUT2D eigenvalue weighted by Gasteiger charge is -2.29. The van der Waals surface area contributed by atoms with Crippen LogP contribution in [-0.4, -0.2) is 43.4 Å². The number of unbranched alkanes of at least 4 members (excludes halogenated alkanes) is 5. The van der Waals surface area contributed by atoms with Crippen LogP contribution in [0.5, 0.6) is 0 Å². The lowest BCUT2D eigenvalue weighted by atomic mass is 10.1. The lowest BCUT2D eigenvalue weighted by Crippen LogP contribution is -3.00. The number of quaternary nitrogens is 1. The largest absolute Gasteiger partial charge is 1.00 e. The molecule has 0 aromatic rings. The van der Waals surface area contributed by atoms with Crippen LogP contribution in [0.25, 0.3) is 0 Å². The van der Waals surface area contributed by atoms with Crippen molar-refractivity contribution in [3.8, 4) is 0 Å². The Morgan fingerprint density at radius 1 is 0.812 bits per heavy atom. The van der Waals surface area contributed by atoms with Crippen LogP contribution in [0.3, 0.4) is 0 Å². The van der Waals surface area contributed by atoms with E-state index in [9.17, 15) is 0 Å². The summed E-state index contributed by atoms with van der Waals surface area (Å²) in [6, 6.07) is 0. The Labute approximate surface area is 112 Å². The molecule has 0 heterocycles. The van der Waals surface area contributed by atoms with Gasteiger partial charge >= 0.3 is 0 Å². The molecule has 0 saturated heterocycles. The molecule has 0 aromatic carbocycles. The van der Waals surface area contributed by atoms with E-state index in [1.54, 1.807) is 0 Å². The maximum Gasteiger partial charge on any atom is 0.0783 e. The fraction of sp³-hybridized carbons (Fsp3) is 1.00. The molecular weight excluding hydrogens is 266 g/mol. The maximum atomic E-state index is 8.73. The SMILES string of the molecule is CCCCCCC[N+](C)(C)CCCCO.[Br-]. The van der Waals surface area contributed by atoms with Gasteiger partial charge in [0.05, 0.1) is 27.2 Å². The Morgan fingerprint density at radius 2 is 1.31 bits per heavy atom. The van der Waals surface area contributed by atoms with Crippen LogP contribution < -0.4 is 17.0 Å². The standard InChI is InChI=1S/C13H30NO.BrH/c1-4-5-6-7-8-11-14(2,3)12-9-10-13-15;/h15H,4-13H2,1-3H3;1H/q+1;/p-1. The number of hydrogen-bond donors (Lipinski definition) is 1. The summed E-state index contributed by atoms with van der Waals surface area (Å²) in [7, 11) is 4.61. The molecule has 0 aliphatic rings. The molecule has 0 amide bonds. The van der Waals surface area contributed by atoms with E-state index >= 15 is 0 Å². The molecule has 1 N–H and O–H groups in total. The molecule has 0 aliphatic carbocycles. The van der Waals surface area contributed by atoms with Crippen LogP contribution in [0.4, 0.5) is 0 Å². The van der Waals surface area contributed by atoms with Gasteiger partial charge in [0.15, 0.2) is 0 Å². The van der Waals surface area contributed by atoms with Gasteiger partial charge in [-0.1, -0.05) is 26.2 Å². The molecule has 0 fully saturated rings. The molecule has 16 heavy (non-hydrogen) atoms. The van der Waals surface area contributed by atoms with Crippen molar-refractivity contribution in [1.82, 2.24) is 0 Å². The molecule has 100 valence electrons. The van der Waals surface area contributed by atoms with Crippen molar-refractivity contribution in [3.63, 3.8) is 0 Å². The molecular formula is C13H30BrNO. The predicted octanol–water partition coefficient (Wildman–Crippen LogP) is -0.190. The Balaban J connectivity index is 0. The molecule has 0 radical (unpaired) electrons. The third kappa shape index (κ3) is 12.5. The second-order valence-electron chi connectivity index (χ2n) is 5.23. The summed E-state index contributed by atoms with van der Waals surface area (Å²) in [5.41, 5.74) is 0. The van der Waals surface area contributed by atoms with Crippen LogP contribution in [0.2, 0.25) is 0 Å². The van der Waals surface area contributed by atoms with Crippen LogP contribution in [0.1, 0.15) is 51.9 Å². The highest BCUT2D eigenvalue weighted by Crippen LogP contribution is 2.08. The summed E-state index contributed by atoms with van der Waals surface area (Å²) < 4.78 is 1.12. The highest BCUT2D eigenvalue weighted by molar-refractivity contribution is 4.44. The molecule has 3 heteroatoms. The van der Waals surface area contributed by atoms with Crippen molar-refractivity contribution >= 4 is 0 Å². The molecule has 0 spiro atoms. The molecule has 0 unspecified atom stereocenters. The molecule has 0 aliphatic heterocycles. The first-order valence-corrected chi connectivity index (χ1v) is 6.55. The predicted molar refractivity (Wildman–Crippen MR) is 66.9 cm³/mol. The van der Waals surface area contributed by atoms with Gasteiger partial charge in [-0.25, -0.2) is 0 Å².